The first kappa shape index (κ1) is 19.2. The standard InChI is InChI=1S/C21H27N7O2/c1-2-22-21-25-11-16-13-28(29,14-17-4-3-8-27(17)19(16)26-21)12-15-5-6-18(24-10-15)20-23-7-9-30-20/h5-7,9-11,17,21-22,26H,2-4,8,12-14H2,1H3/t17?,21-,28?/m0/s1. The molecule has 0 amide bonds. The highest BCUT2D eigenvalue weighted by atomic mass is 16.5. The molecule has 0 spiro atoms. The molecule has 30 heavy (non-hydrogen) atoms. The minimum Gasteiger partial charge on any atom is -0.632 e. The first-order valence-corrected chi connectivity index (χ1v) is 10.6. The van der Waals surface area contributed by atoms with Crippen LogP contribution < -0.4 is 10.6 Å². The Morgan fingerprint density at radius 1 is 1.37 bits per heavy atom. The predicted octanol–water partition coefficient (Wildman–Crippen LogP) is 1.81. The highest BCUT2D eigenvalue weighted by molar-refractivity contribution is 5.81. The molecular weight excluding hydrogens is 382 g/mol. The summed E-state index contributed by atoms with van der Waals surface area (Å²) in [5, 5.41) is 20.8. The van der Waals surface area contributed by atoms with E-state index in [4.69, 9.17) is 4.42 Å². The van der Waals surface area contributed by atoms with E-state index >= 15 is 0 Å². The summed E-state index contributed by atoms with van der Waals surface area (Å²) in [5.74, 6) is 1.56. The summed E-state index contributed by atoms with van der Waals surface area (Å²) in [5.41, 5.74) is 2.58. The van der Waals surface area contributed by atoms with Gasteiger partial charge in [-0.1, -0.05) is 6.92 Å². The maximum Gasteiger partial charge on any atom is 0.244 e. The highest BCUT2D eigenvalue weighted by Crippen LogP contribution is 2.32. The topological polar surface area (TPSA) is 102 Å². The Bertz CT molecular complexity index is 941. The van der Waals surface area contributed by atoms with E-state index in [2.05, 4.69) is 37.4 Å². The normalized spacial score (nSPS) is 28.1. The van der Waals surface area contributed by atoms with Crippen LogP contribution in [0.2, 0.25) is 0 Å². The van der Waals surface area contributed by atoms with Crippen molar-refractivity contribution in [1.82, 2.24) is 25.5 Å². The number of rotatable bonds is 5. The molecule has 2 aromatic rings. The van der Waals surface area contributed by atoms with E-state index in [9.17, 15) is 5.21 Å². The Kier molecular flexibility index (Phi) is 5.01. The van der Waals surface area contributed by atoms with Gasteiger partial charge in [-0.05, 0) is 31.5 Å². The fraction of sp³-hybridized carbons (Fsp3) is 0.476. The van der Waals surface area contributed by atoms with Crippen LogP contribution in [0.3, 0.4) is 0 Å². The van der Waals surface area contributed by atoms with Crippen LogP contribution in [0.5, 0.6) is 0 Å². The molecule has 5 rings (SSSR count). The van der Waals surface area contributed by atoms with Crippen LogP contribution >= 0.6 is 0 Å². The first-order chi connectivity index (χ1) is 14.6. The molecule has 0 radical (unpaired) electrons. The van der Waals surface area contributed by atoms with Gasteiger partial charge in [-0.3, -0.25) is 15.3 Å². The van der Waals surface area contributed by atoms with Crippen LogP contribution in [-0.4, -0.2) is 64.2 Å². The van der Waals surface area contributed by atoms with Crippen molar-refractivity contribution in [2.24, 2.45) is 4.99 Å². The van der Waals surface area contributed by atoms with Gasteiger partial charge in [0, 0.05) is 24.5 Å². The van der Waals surface area contributed by atoms with Gasteiger partial charge in [0.1, 0.15) is 30.9 Å². The van der Waals surface area contributed by atoms with E-state index < -0.39 is 0 Å². The molecule has 9 heteroatoms. The molecule has 9 nitrogen and oxygen atoms in total. The van der Waals surface area contributed by atoms with E-state index in [1.54, 1.807) is 12.4 Å². The number of oxazole rings is 1. The molecule has 3 aliphatic rings. The smallest absolute Gasteiger partial charge is 0.244 e. The zero-order valence-electron chi connectivity index (χ0n) is 17.1. The average molecular weight is 409 g/mol. The number of nitrogens with one attached hydrogen (secondary N) is 2. The summed E-state index contributed by atoms with van der Waals surface area (Å²) in [7, 11) is 0. The zero-order valence-corrected chi connectivity index (χ0v) is 17.1. The summed E-state index contributed by atoms with van der Waals surface area (Å²) < 4.78 is 4.99. The summed E-state index contributed by atoms with van der Waals surface area (Å²) in [6.07, 6.45) is 8.79. The second kappa shape index (κ2) is 7.82. The van der Waals surface area contributed by atoms with Gasteiger partial charge in [-0.2, -0.15) is 0 Å². The molecule has 0 aromatic carbocycles. The maximum atomic E-state index is 13.9. The summed E-state index contributed by atoms with van der Waals surface area (Å²) in [4.78, 5) is 15.5. The average Bonchev–Trinajstić information content (AvgIpc) is 3.40. The molecule has 2 unspecified atom stereocenters. The molecule has 2 N–H and O–H groups in total. The molecule has 158 valence electrons. The number of aliphatic imine (C=N–C) groups is 1. The highest BCUT2D eigenvalue weighted by Gasteiger charge is 2.39. The number of quaternary nitrogens is 1. The minimum absolute atomic E-state index is 0.131. The second-order valence-corrected chi connectivity index (χ2v) is 8.19. The third-order valence-electron chi connectivity index (χ3n) is 5.97. The molecule has 3 atom stereocenters. The number of aromatic nitrogens is 2. The maximum absolute atomic E-state index is 13.9. The van der Waals surface area contributed by atoms with Crippen molar-refractivity contribution in [3.63, 3.8) is 0 Å². The molecule has 1 saturated heterocycles. The van der Waals surface area contributed by atoms with E-state index in [-0.39, 0.29) is 17.0 Å². The van der Waals surface area contributed by atoms with Gasteiger partial charge in [0.2, 0.25) is 5.89 Å². The third kappa shape index (κ3) is 3.71. The van der Waals surface area contributed by atoms with Crippen molar-refractivity contribution in [1.29, 1.82) is 0 Å². The Morgan fingerprint density at radius 2 is 2.30 bits per heavy atom. The second-order valence-electron chi connectivity index (χ2n) is 8.19. The minimum atomic E-state index is -0.306. The quantitative estimate of drug-likeness (QED) is 0.574. The van der Waals surface area contributed by atoms with Crippen LogP contribution in [-0.2, 0) is 6.54 Å². The van der Waals surface area contributed by atoms with Crippen LogP contribution in [0, 0.1) is 5.21 Å². The van der Waals surface area contributed by atoms with Gasteiger partial charge in [0.05, 0.1) is 24.4 Å². The predicted molar refractivity (Wildman–Crippen MR) is 113 cm³/mol. The number of nitrogens with zero attached hydrogens (tertiary/aromatic N) is 5. The molecule has 2 aromatic heterocycles. The first-order valence-electron chi connectivity index (χ1n) is 10.6. The number of hydrogen-bond donors (Lipinski definition) is 2. The molecule has 0 aliphatic carbocycles. The van der Waals surface area contributed by atoms with E-state index in [0.29, 0.717) is 31.2 Å². The number of pyridine rings is 1. The lowest BCUT2D eigenvalue weighted by molar-refractivity contribution is -0.890. The van der Waals surface area contributed by atoms with Crippen LogP contribution in [0.1, 0.15) is 25.3 Å². The van der Waals surface area contributed by atoms with Gasteiger partial charge < -0.3 is 24.5 Å². The van der Waals surface area contributed by atoms with Crippen molar-refractivity contribution in [2.45, 2.75) is 38.6 Å². The number of hydrogen-bond acceptors (Lipinski definition) is 8. The largest absolute Gasteiger partial charge is 0.632 e. The molecule has 3 aliphatic heterocycles. The molecule has 0 saturated carbocycles. The lowest BCUT2D eigenvalue weighted by Gasteiger charge is -2.43. The molecule has 1 fully saturated rings. The van der Waals surface area contributed by atoms with Crippen molar-refractivity contribution < 1.29 is 9.06 Å². The fourth-order valence-electron chi connectivity index (χ4n) is 4.69. The lowest BCUT2D eigenvalue weighted by Crippen LogP contribution is -2.49. The van der Waals surface area contributed by atoms with Crippen molar-refractivity contribution in [3.8, 4) is 11.6 Å². The summed E-state index contributed by atoms with van der Waals surface area (Å²) in [6, 6.07) is 4.06. The number of fused-ring (bicyclic) bond motifs is 2. The van der Waals surface area contributed by atoms with E-state index in [0.717, 1.165) is 42.9 Å². The molecule has 0 bridgehead atoms. The number of hydroxylamine groups is 3. The van der Waals surface area contributed by atoms with Crippen molar-refractivity contribution in [2.75, 3.05) is 26.2 Å². The Labute approximate surface area is 175 Å². The van der Waals surface area contributed by atoms with Crippen molar-refractivity contribution >= 4 is 6.21 Å². The molecular formula is C21H27N7O2. The summed E-state index contributed by atoms with van der Waals surface area (Å²) >= 11 is 0. The molecule has 5 heterocycles. The van der Waals surface area contributed by atoms with Gasteiger partial charge in [0.15, 0.2) is 6.29 Å². The SMILES string of the molecule is CCN[C@H]1N=CC2=C(N1)N1CCCC1C[N+]([O-])(Cc1ccc(-c3ncco3)nc1)C2. The zero-order chi connectivity index (χ0) is 20.6. The van der Waals surface area contributed by atoms with Crippen LogP contribution in [0.15, 0.2) is 51.6 Å². The van der Waals surface area contributed by atoms with E-state index in [1.165, 1.54) is 6.26 Å². The lowest BCUT2D eigenvalue weighted by atomic mass is 10.1. The van der Waals surface area contributed by atoms with E-state index in [1.807, 2.05) is 18.3 Å². The van der Waals surface area contributed by atoms with Gasteiger partial charge in [-0.25, -0.2) is 4.98 Å². The summed E-state index contributed by atoms with van der Waals surface area (Å²) in [6.45, 7) is 5.22. The fourth-order valence-corrected chi connectivity index (χ4v) is 4.69. The Morgan fingerprint density at radius 3 is 3.07 bits per heavy atom. The monoisotopic (exact) mass is 409 g/mol. The Balaban J connectivity index is 1.38. The van der Waals surface area contributed by atoms with Gasteiger partial charge in [0.25, 0.3) is 0 Å². The third-order valence-corrected chi connectivity index (χ3v) is 5.97. The van der Waals surface area contributed by atoms with Crippen LogP contribution in [0.4, 0.5) is 0 Å². The van der Waals surface area contributed by atoms with Crippen molar-refractivity contribution in [3.05, 3.63) is 53.0 Å². The van der Waals surface area contributed by atoms with Crippen LogP contribution in [0.25, 0.3) is 11.6 Å². The van der Waals surface area contributed by atoms with Gasteiger partial charge in [-0.15, -0.1) is 0 Å². The van der Waals surface area contributed by atoms with Gasteiger partial charge >= 0.3 is 0 Å². The Hall–Kier alpha value is -2.75.